The molecule has 2 aromatic rings. The second-order valence-electron chi connectivity index (χ2n) is 4.09. The molecule has 0 fully saturated rings. The van der Waals surface area contributed by atoms with Crippen LogP contribution in [0.4, 0.5) is 5.69 Å². The molecule has 0 spiro atoms. The number of aryl methyl sites for hydroxylation is 2. The van der Waals surface area contributed by atoms with E-state index in [-0.39, 0.29) is 0 Å². The maximum atomic E-state index is 10.4. The van der Waals surface area contributed by atoms with E-state index in [2.05, 4.69) is 4.99 Å². The lowest BCUT2D eigenvalue weighted by molar-refractivity contribution is 0.565. The van der Waals surface area contributed by atoms with Crippen molar-refractivity contribution in [2.24, 2.45) is 4.99 Å². The number of hydrogen-bond acceptors (Lipinski definition) is 2. The third-order valence-electron chi connectivity index (χ3n) is 2.68. The Morgan fingerprint density at radius 2 is 1.59 bits per heavy atom. The average molecular weight is 223 g/mol. The molecule has 0 heterocycles. The third-order valence-corrected chi connectivity index (χ3v) is 2.68. The van der Waals surface area contributed by atoms with Gasteiger partial charge in [0.2, 0.25) is 6.08 Å². The Morgan fingerprint density at radius 1 is 0.941 bits per heavy atom. The van der Waals surface area contributed by atoms with Gasteiger partial charge in [0.1, 0.15) is 0 Å². The van der Waals surface area contributed by atoms with Crippen molar-refractivity contribution in [3.8, 4) is 11.1 Å². The van der Waals surface area contributed by atoms with E-state index in [9.17, 15) is 4.79 Å². The zero-order valence-electron chi connectivity index (χ0n) is 9.90. The minimum Gasteiger partial charge on any atom is -0.211 e. The van der Waals surface area contributed by atoms with Gasteiger partial charge in [0.05, 0.1) is 5.69 Å². The van der Waals surface area contributed by atoms with Crippen molar-refractivity contribution in [1.29, 1.82) is 0 Å². The van der Waals surface area contributed by atoms with Gasteiger partial charge in [-0.1, -0.05) is 41.5 Å². The van der Waals surface area contributed by atoms with E-state index in [1.807, 2.05) is 56.3 Å². The molecule has 0 aromatic heterocycles. The monoisotopic (exact) mass is 223 g/mol. The fourth-order valence-corrected chi connectivity index (χ4v) is 1.76. The average Bonchev–Trinajstić information content (AvgIpc) is 2.33. The highest BCUT2D eigenvalue weighted by molar-refractivity contribution is 5.78. The van der Waals surface area contributed by atoms with Crippen LogP contribution in [0, 0.1) is 13.8 Å². The zero-order valence-corrected chi connectivity index (χ0v) is 9.90. The van der Waals surface area contributed by atoms with Crippen LogP contribution in [-0.4, -0.2) is 6.08 Å². The van der Waals surface area contributed by atoms with Crippen molar-refractivity contribution < 1.29 is 4.79 Å². The summed E-state index contributed by atoms with van der Waals surface area (Å²) in [5, 5.41) is 0. The molecular formula is C15H13NO. The summed E-state index contributed by atoms with van der Waals surface area (Å²) in [7, 11) is 0. The maximum absolute atomic E-state index is 10.4. The molecule has 0 atom stereocenters. The molecule has 0 aliphatic carbocycles. The summed E-state index contributed by atoms with van der Waals surface area (Å²) in [6.07, 6.45) is 1.60. The predicted molar refractivity (Wildman–Crippen MR) is 69.1 cm³/mol. The highest BCUT2D eigenvalue weighted by atomic mass is 16.1. The fourth-order valence-electron chi connectivity index (χ4n) is 1.76. The highest BCUT2D eigenvalue weighted by Gasteiger charge is 2.04. The molecule has 0 saturated carbocycles. The van der Waals surface area contributed by atoms with Gasteiger partial charge in [0, 0.05) is 5.56 Å². The van der Waals surface area contributed by atoms with Crippen molar-refractivity contribution in [2.75, 3.05) is 0 Å². The lowest BCUT2D eigenvalue weighted by Crippen LogP contribution is -1.82. The molecule has 2 rings (SSSR count). The molecule has 84 valence electrons. The first-order valence-corrected chi connectivity index (χ1v) is 5.46. The largest absolute Gasteiger partial charge is 0.240 e. The second kappa shape index (κ2) is 4.77. The summed E-state index contributed by atoms with van der Waals surface area (Å²) in [6, 6.07) is 14.0. The summed E-state index contributed by atoms with van der Waals surface area (Å²) in [4.78, 5) is 14.1. The van der Waals surface area contributed by atoms with Gasteiger partial charge in [-0.05, 0) is 31.5 Å². The molecule has 0 saturated heterocycles. The van der Waals surface area contributed by atoms with Crippen LogP contribution in [0.1, 0.15) is 11.1 Å². The molecule has 0 amide bonds. The normalized spacial score (nSPS) is 9.76. The number of benzene rings is 2. The molecule has 0 N–H and O–H groups in total. The van der Waals surface area contributed by atoms with Gasteiger partial charge < -0.3 is 0 Å². The topological polar surface area (TPSA) is 29.4 Å². The summed E-state index contributed by atoms with van der Waals surface area (Å²) in [5.74, 6) is 0. The maximum Gasteiger partial charge on any atom is 0.240 e. The van der Waals surface area contributed by atoms with E-state index in [0.29, 0.717) is 5.69 Å². The number of carbonyl (C=O) groups excluding carboxylic acids is 1. The Bertz CT molecular complexity index is 578. The standard InChI is InChI=1S/C15H13NO/c1-11-3-6-13(7-4-11)14-9-12(2)5-8-15(14)16-10-17/h3-9H,1-2H3. The molecule has 0 unspecified atom stereocenters. The van der Waals surface area contributed by atoms with Gasteiger partial charge in [-0.2, -0.15) is 4.99 Å². The molecule has 2 aromatic carbocycles. The fraction of sp³-hybridized carbons (Fsp3) is 0.133. The Kier molecular flexibility index (Phi) is 3.17. The van der Waals surface area contributed by atoms with Gasteiger partial charge >= 0.3 is 0 Å². The first-order chi connectivity index (χ1) is 8.20. The highest BCUT2D eigenvalue weighted by Crippen LogP contribution is 2.31. The molecule has 2 heteroatoms. The molecule has 2 nitrogen and oxygen atoms in total. The van der Waals surface area contributed by atoms with Crippen LogP contribution in [0.15, 0.2) is 47.5 Å². The first-order valence-electron chi connectivity index (χ1n) is 5.46. The zero-order chi connectivity index (χ0) is 12.3. The predicted octanol–water partition coefficient (Wildman–Crippen LogP) is 3.94. The van der Waals surface area contributed by atoms with Crippen LogP contribution >= 0.6 is 0 Å². The van der Waals surface area contributed by atoms with E-state index in [1.165, 1.54) is 5.56 Å². The van der Waals surface area contributed by atoms with E-state index < -0.39 is 0 Å². The Morgan fingerprint density at radius 3 is 2.24 bits per heavy atom. The molecular weight excluding hydrogens is 210 g/mol. The smallest absolute Gasteiger partial charge is 0.211 e. The van der Waals surface area contributed by atoms with Gasteiger partial charge in [-0.25, -0.2) is 4.79 Å². The van der Waals surface area contributed by atoms with Crippen LogP contribution in [-0.2, 0) is 4.79 Å². The van der Waals surface area contributed by atoms with Crippen LogP contribution in [0.3, 0.4) is 0 Å². The van der Waals surface area contributed by atoms with E-state index in [1.54, 1.807) is 6.08 Å². The molecule has 17 heavy (non-hydrogen) atoms. The van der Waals surface area contributed by atoms with E-state index in [0.717, 1.165) is 16.7 Å². The molecule has 0 radical (unpaired) electrons. The summed E-state index contributed by atoms with van der Waals surface area (Å²) in [6.45, 7) is 4.07. The number of nitrogens with zero attached hydrogens (tertiary/aromatic N) is 1. The number of aliphatic imine (C=N–C) groups is 1. The second-order valence-corrected chi connectivity index (χ2v) is 4.09. The third kappa shape index (κ3) is 2.49. The minimum atomic E-state index is 0.662. The van der Waals surface area contributed by atoms with Crippen molar-refractivity contribution in [1.82, 2.24) is 0 Å². The van der Waals surface area contributed by atoms with Gasteiger partial charge in [0.15, 0.2) is 0 Å². The minimum absolute atomic E-state index is 0.662. The number of isocyanates is 1. The molecule has 0 aliphatic heterocycles. The van der Waals surface area contributed by atoms with Crippen LogP contribution < -0.4 is 0 Å². The van der Waals surface area contributed by atoms with Crippen LogP contribution in [0.5, 0.6) is 0 Å². The Labute approximate surface area is 101 Å². The number of hydrogen-bond donors (Lipinski definition) is 0. The van der Waals surface area contributed by atoms with Crippen LogP contribution in [0.25, 0.3) is 11.1 Å². The van der Waals surface area contributed by atoms with E-state index >= 15 is 0 Å². The molecule has 0 bridgehead atoms. The summed E-state index contributed by atoms with van der Waals surface area (Å²) >= 11 is 0. The first kappa shape index (κ1) is 11.3. The van der Waals surface area contributed by atoms with Gasteiger partial charge in [-0.15, -0.1) is 0 Å². The lowest BCUT2D eigenvalue weighted by atomic mass is 10.0. The van der Waals surface area contributed by atoms with Crippen molar-refractivity contribution in [2.45, 2.75) is 13.8 Å². The lowest BCUT2D eigenvalue weighted by Gasteiger charge is -2.06. The number of rotatable bonds is 2. The Hall–Kier alpha value is -2.18. The van der Waals surface area contributed by atoms with Gasteiger partial charge in [0.25, 0.3) is 0 Å². The molecule has 0 aliphatic rings. The van der Waals surface area contributed by atoms with Crippen molar-refractivity contribution in [3.05, 3.63) is 53.6 Å². The van der Waals surface area contributed by atoms with E-state index in [4.69, 9.17) is 0 Å². The van der Waals surface area contributed by atoms with Gasteiger partial charge in [-0.3, -0.25) is 0 Å². The Balaban J connectivity index is 2.60. The summed E-state index contributed by atoms with van der Waals surface area (Å²) < 4.78 is 0. The van der Waals surface area contributed by atoms with Crippen LogP contribution in [0.2, 0.25) is 0 Å². The van der Waals surface area contributed by atoms with Crippen molar-refractivity contribution >= 4 is 11.8 Å². The summed E-state index contributed by atoms with van der Waals surface area (Å²) in [5.41, 5.74) is 5.04. The van der Waals surface area contributed by atoms with Crippen molar-refractivity contribution in [3.63, 3.8) is 0 Å². The quantitative estimate of drug-likeness (QED) is 0.560. The SMILES string of the molecule is Cc1ccc(-c2cc(C)ccc2N=C=O)cc1.